The molecule has 0 bridgehead atoms. The van der Waals surface area contributed by atoms with E-state index in [1.165, 1.54) is 19.2 Å². The van der Waals surface area contributed by atoms with Crippen LogP contribution in [0, 0.1) is 5.82 Å². The minimum atomic E-state index is -1.34. The van der Waals surface area contributed by atoms with Crippen LogP contribution in [0.15, 0.2) is 18.2 Å². The fraction of sp³-hybridized carbons (Fsp3) is 0.467. The second-order valence-electron chi connectivity index (χ2n) is 4.64. The zero-order valence-electron chi connectivity index (χ0n) is 12.6. The van der Waals surface area contributed by atoms with E-state index in [1.807, 2.05) is 6.92 Å². The average Bonchev–Trinajstić information content (AvgIpc) is 2.49. The van der Waals surface area contributed by atoms with Gasteiger partial charge in [0, 0.05) is 6.61 Å². The lowest BCUT2D eigenvalue weighted by atomic mass is 10.1. The predicted octanol–water partition coefficient (Wildman–Crippen LogP) is 1.89. The number of ether oxygens (including phenoxy) is 2. The first-order valence-corrected chi connectivity index (χ1v) is 6.93. The van der Waals surface area contributed by atoms with E-state index < -0.39 is 23.7 Å². The maximum absolute atomic E-state index is 13.6. The smallest absolute Gasteiger partial charge is 0.330 e. The minimum Gasteiger partial charge on any atom is -0.494 e. The molecule has 122 valence electrons. The first-order valence-electron chi connectivity index (χ1n) is 6.93. The number of carboxylic acids is 1. The number of nitrogens with one attached hydrogen (secondary N) is 1. The van der Waals surface area contributed by atoms with E-state index in [1.54, 1.807) is 0 Å². The fourth-order valence-corrected chi connectivity index (χ4v) is 1.76. The van der Waals surface area contributed by atoms with Crippen LogP contribution in [0.1, 0.15) is 31.4 Å². The number of benzene rings is 1. The maximum atomic E-state index is 13.6. The normalized spacial score (nSPS) is 11.8. The van der Waals surface area contributed by atoms with Crippen molar-refractivity contribution in [2.75, 3.05) is 20.3 Å². The molecule has 0 radical (unpaired) electrons. The number of unbranched alkanes of at least 4 members (excludes halogenated alkanes) is 1. The molecular formula is C15H20FNO5. The fourth-order valence-electron chi connectivity index (χ4n) is 1.76. The summed E-state index contributed by atoms with van der Waals surface area (Å²) in [6.07, 6.45) is 1.75. The Labute approximate surface area is 128 Å². The number of amides is 1. The lowest BCUT2D eigenvalue weighted by molar-refractivity contribution is -0.142. The molecule has 1 amide bonds. The quantitative estimate of drug-likeness (QED) is 0.680. The third-order valence-corrected chi connectivity index (χ3v) is 2.94. The Morgan fingerprint density at radius 1 is 1.41 bits per heavy atom. The molecule has 1 atom stereocenters. The Bertz CT molecular complexity index is 521. The van der Waals surface area contributed by atoms with Gasteiger partial charge in [-0.25, -0.2) is 9.18 Å². The van der Waals surface area contributed by atoms with Crippen LogP contribution in [-0.2, 0) is 14.3 Å². The standard InChI is InChI=1S/C15H20FNO5/c1-3-4-7-22-9-13(18)17-14(15(19)20)10-5-6-12(21-2)11(16)8-10/h5-6,8,14H,3-4,7,9H2,1-2H3,(H,17,18)(H,19,20). The number of rotatable bonds is 9. The SMILES string of the molecule is CCCCOCC(=O)NC(C(=O)O)c1ccc(OC)c(F)c1. The summed E-state index contributed by atoms with van der Waals surface area (Å²) < 4.78 is 23.5. The van der Waals surface area contributed by atoms with Gasteiger partial charge in [0.05, 0.1) is 7.11 Å². The number of carbonyl (C=O) groups is 2. The Balaban J connectivity index is 2.71. The van der Waals surface area contributed by atoms with Crippen molar-refractivity contribution in [3.63, 3.8) is 0 Å². The van der Waals surface area contributed by atoms with Gasteiger partial charge in [0.25, 0.3) is 0 Å². The van der Waals surface area contributed by atoms with Crippen molar-refractivity contribution in [1.29, 1.82) is 0 Å². The van der Waals surface area contributed by atoms with Crippen molar-refractivity contribution in [2.45, 2.75) is 25.8 Å². The van der Waals surface area contributed by atoms with Crippen LogP contribution in [0.5, 0.6) is 5.75 Å². The van der Waals surface area contributed by atoms with Gasteiger partial charge in [-0.05, 0) is 24.1 Å². The molecule has 0 spiro atoms. The predicted molar refractivity (Wildman–Crippen MR) is 77.2 cm³/mol. The monoisotopic (exact) mass is 313 g/mol. The Morgan fingerprint density at radius 3 is 2.68 bits per heavy atom. The van der Waals surface area contributed by atoms with Crippen molar-refractivity contribution < 1.29 is 28.6 Å². The molecule has 7 heteroatoms. The minimum absolute atomic E-state index is 0.00196. The molecule has 0 aromatic heterocycles. The van der Waals surface area contributed by atoms with E-state index in [9.17, 15) is 19.1 Å². The van der Waals surface area contributed by atoms with Crippen LogP contribution in [0.25, 0.3) is 0 Å². The van der Waals surface area contributed by atoms with Crippen molar-refractivity contribution in [1.82, 2.24) is 5.32 Å². The third kappa shape index (κ3) is 5.33. The van der Waals surface area contributed by atoms with Crippen LogP contribution in [0.2, 0.25) is 0 Å². The zero-order valence-corrected chi connectivity index (χ0v) is 12.6. The molecule has 1 aromatic carbocycles. The van der Waals surface area contributed by atoms with Gasteiger partial charge in [-0.3, -0.25) is 4.79 Å². The van der Waals surface area contributed by atoms with Gasteiger partial charge in [-0.15, -0.1) is 0 Å². The zero-order chi connectivity index (χ0) is 16.5. The van der Waals surface area contributed by atoms with Gasteiger partial charge in [0.15, 0.2) is 17.6 Å². The summed E-state index contributed by atoms with van der Waals surface area (Å²) in [5.74, 6) is -2.55. The van der Waals surface area contributed by atoms with Crippen LogP contribution >= 0.6 is 0 Å². The molecule has 0 saturated carbocycles. The van der Waals surface area contributed by atoms with E-state index in [0.717, 1.165) is 18.9 Å². The molecule has 0 aliphatic carbocycles. The summed E-state index contributed by atoms with van der Waals surface area (Å²) in [5.41, 5.74) is 0.118. The van der Waals surface area contributed by atoms with Gasteiger partial charge in [0.2, 0.25) is 5.91 Å². The molecule has 1 aromatic rings. The lowest BCUT2D eigenvalue weighted by Crippen LogP contribution is -2.36. The molecule has 2 N–H and O–H groups in total. The van der Waals surface area contributed by atoms with Crippen LogP contribution in [0.4, 0.5) is 4.39 Å². The van der Waals surface area contributed by atoms with Gasteiger partial charge < -0.3 is 19.9 Å². The average molecular weight is 313 g/mol. The van der Waals surface area contributed by atoms with Gasteiger partial charge >= 0.3 is 5.97 Å². The molecule has 0 heterocycles. The number of halogens is 1. The first kappa shape index (κ1) is 17.9. The first-order chi connectivity index (χ1) is 10.5. The largest absolute Gasteiger partial charge is 0.494 e. The molecule has 1 unspecified atom stereocenters. The van der Waals surface area contributed by atoms with Gasteiger partial charge in [-0.1, -0.05) is 19.4 Å². The molecule has 0 aliphatic rings. The van der Waals surface area contributed by atoms with Crippen LogP contribution < -0.4 is 10.1 Å². The van der Waals surface area contributed by atoms with Crippen molar-refractivity contribution >= 4 is 11.9 Å². The summed E-state index contributed by atoms with van der Waals surface area (Å²) >= 11 is 0. The van der Waals surface area contributed by atoms with E-state index in [-0.39, 0.29) is 17.9 Å². The second-order valence-corrected chi connectivity index (χ2v) is 4.64. The molecule has 0 aliphatic heterocycles. The molecule has 22 heavy (non-hydrogen) atoms. The van der Waals surface area contributed by atoms with E-state index >= 15 is 0 Å². The van der Waals surface area contributed by atoms with Crippen molar-refractivity contribution in [3.05, 3.63) is 29.6 Å². The van der Waals surface area contributed by atoms with Gasteiger partial charge in [0.1, 0.15) is 6.61 Å². The third-order valence-electron chi connectivity index (χ3n) is 2.94. The molecule has 0 saturated heterocycles. The lowest BCUT2D eigenvalue weighted by Gasteiger charge is -2.15. The number of hydrogen-bond acceptors (Lipinski definition) is 4. The highest BCUT2D eigenvalue weighted by Gasteiger charge is 2.23. The maximum Gasteiger partial charge on any atom is 0.330 e. The summed E-state index contributed by atoms with van der Waals surface area (Å²) in [5, 5.41) is 11.5. The summed E-state index contributed by atoms with van der Waals surface area (Å²) in [6.45, 7) is 2.18. The van der Waals surface area contributed by atoms with Crippen molar-refractivity contribution in [3.8, 4) is 5.75 Å². The second kappa shape index (κ2) is 8.99. The number of hydrogen-bond donors (Lipinski definition) is 2. The van der Waals surface area contributed by atoms with E-state index in [4.69, 9.17) is 9.47 Å². The van der Waals surface area contributed by atoms with Crippen molar-refractivity contribution in [2.24, 2.45) is 0 Å². The molecular weight excluding hydrogens is 293 g/mol. The van der Waals surface area contributed by atoms with Gasteiger partial charge in [-0.2, -0.15) is 0 Å². The Hall–Kier alpha value is -2.15. The summed E-state index contributed by atoms with van der Waals surface area (Å²) in [6, 6.07) is 2.38. The molecule has 6 nitrogen and oxygen atoms in total. The van der Waals surface area contributed by atoms with Crippen LogP contribution in [-0.4, -0.2) is 37.3 Å². The van der Waals surface area contributed by atoms with E-state index in [2.05, 4.69) is 5.32 Å². The van der Waals surface area contributed by atoms with E-state index in [0.29, 0.717) is 6.61 Å². The number of carbonyl (C=O) groups excluding carboxylic acids is 1. The number of aliphatic carboxylic acids is 1. The summed E-state index contributed by atoms with van der Waals surface area (Å²) in [7, 11) is 1.31. The Kier molecular flexibility index (Phi) is 7.31. The highest BCUT2D eigenvalue weighted by atomic mass is 19.1. The highest BCUT2D eigenvalue weighted by Crippen LogP contribution is 2.22. The number of carboxylic acid groups (broad SMARTS) is 1. The summed E-state index contributed by atoms with van der Waals surface area (Å²) in [4.78, 5) is 23.0. The molecule has 0 fully saturated rings. The topological polar surface area (TPSA) is 84.9 Å². The highest BCUT2D eigenvalue weighted by molar-refractivity contribution is 5.85. The van der Waals surface area contributed by atoms with Crippen LogP contribution in [0.3, 0.4) is 0 Å². The Morgan fingerprint density at radius 2 is 2.14 bits per heavy atom. The molecule has 1 rings (SSSR count). The number of methoxy groups -OCH3 is 1.